The van der Waals surface area contributed by atoms with Crippen LogP contribution in [0.2, 0.25) is 0 Å². The van der Waals surface area contributed by atoms with Gasteiger partial charge in [-0.25, -0.2) is 14.5 Å². The third-order valence-corrected chi connectivity index (χ3v) is 6.22. The van der Waals surface area contributed by atoms with Crippen molar-refractivity contribution in [2.75, 3.05) is 7.05 Å². The minimum atomic E-state index is -4.71. The number of carbonyl (C=O) groups excluding carboxylic acids is 1. The minimum Gasteiger partial charge on any atom is -0.336 e. The van der Waals surface area contributed by atoms with Gasteiger partial charge in [0, 0.05) is 25.0 Å². The Labute approximate surface area is 208 Å². The number of hydrogen-bond donors (Lipinski definition) is 0. The Kier molecular flexibility index (Phi) is 5.18. The van der Waals surface area contributed by atoms with Crippen LogP contribution in [0, 0.1) is 0 Å². The average molecular weight is 500 g/mol. The quantitative estimate of drug-likeness (QED) is 0.321. The fourth-order valence-corrected chi connectivity index (χ4v) is 4.49. The van der Waals surface area contributed by atoms with E-state index in [1.165, 1.54) is 4.90 Å². The van der Waals surface area contributed by atoms with Gasteiger partial charge in [0.1, 0.15) is 11.2 Å². The van der Waals surface area contributed by atoms with E-state index < -0.39 is 17.8 Å². The molecule has 0 N–H and O–H groups in total. The number of benzene rings is 2. The first-order valence-electron chi connectivity index (χ1n) is 11.4. The number of halogens is 3. The maximum atomic E-state index is 14.1. The number of rotatable bonds is 4. The molecule has 0 bridgehead atoms. The summed E-state index contributed by atoms with van der Waals surface area (Å²) in [6, 6.07) is 19.3. The largest absolute Gasteiger partial charge is 0.433 e. The van der Waals surface area contributed by atoms with E-state index in [1.807, 2.05) is 59.1 Å². The molecule has 4 heterocycles. The molecule has 0 unspecified atom stereocenters. The van der Waals surface area contributed by atoms with Gasteiger partial charge < -0.3 is 9.30 Å². The number of aromatic nitrogens is 5. The van der Waals surface area contributed by atoms with E-state index in [4.69, 9.17) is 0 Å². The SMILES string of the molecule is CN(Cc1cn2ccccc2n1)C(=O)c1cnn2c(C(F)(F)F)cc(-c3cccc4ccccc34)nc12. The van der Waals surface area contributed by atoms with Crippen LogP contribution in [-0.2, 0) is 12.7 Å². The average Bonchev–Trinajstić information content (AvgIpc) is 3.50. The second-order valence-electron chi connectivity index (χ2n) is 8.70. The van der Waals surface area contributed by atoms with Gasteiger partial charge in [-0.3, -0.25) is 4.79 Å². The maximum Gasteiger partial charge on any atom is 0.433 e. The molecule has 7 nitrogen and oxygen atoms in total. The lowest BCUT2D eigenvalue weighted by molar-refractivity contribution is -0.142. The van der Waals surface area contributed by atoms with Crippen LogP contribution in [0.5, 0.6) is 0 Å². The van der Waals surface area contributed by atoms with Crippen molar-refractivity contribution in [1.82, 2.24) is 28.9 Å². The molecule has 2 aromatic carbocycles. The molecule has 0 spiro atoms. The van der Waals surface area contributed by atoms with E-state index in [0.29, 0.717) is 15.8 Å². The topological polar surface area (TPSA) is 67.8 Å². The van der Waals surface area contributed by atoms with Crippen molar-refractivity contribution in [2.45, 2.75) is 12.7 Å². The van der Waals surface area contributed by atoms with Crippen LogP contribution < -0.4 is 0 Å². The van der Waals surface area contributed by atoms with E-state index in [9.17, 15) is 18.0 Å². The van der Waals surface area contributed by atoms with Crippen LogP contribution in [-0.4, -0.2) is 41.8 Å². The number of carbonyl (C=O) groups is 1. The van der Waals surface area contributed by atoms with Crippen molar-refractivity contribution in [1.29, 1.82) is 0 Å². The first-order valence-corrected chi connectivity index (χ1v) is 11.4. The van der Waals surface area contributed by atoms with Gasteiger partial charge in [0.2, 0.25) is 0 Å². The lowest BCUT2D eigenvalue weighted by Gasteiger charge is -2.16. The van der Waals surface area contributed by atoms with Gasteiger partial charge in [0.05, 0.1) is 24.1 Å². The number of alkyl halides is 3. The third-order valence-electron chi connectivity index (χ3n) is 6.22. The fraction of sp³-hybridized carbons (Fsp3) is 0.111. The Hall–Kier alpha value is -4.73. The highest BCUT2D eigenvalue weighted by molar-refractivity contribution is 6.00. The zero-order valence-electron chi connectivity index (χ0n) is 19.5. The molecule has 6 aromatic rings. The molecule has 0 atom stereocenters. The molecule has 37 heavy (non-hydrogen) atoms. The summed E-state index contributed by atoms with van der Waals surface area (Å²) >= 11 is 0. The first-order chi connectivity index (χ1) is 17.8. The molecule has 0 fully saturated rings. The monoisotopic (exact) mass is 500 g/mol. The number of hydrogen-bond acceptors (Lipinski definition) is 4. The Morgan fingerprint density at radius 3 is 2.59 bits per heavy atom. The molecule has 0 saturated heterocycles. The van der Waals surface area contributed by atoms with Gasteiger partial charge in [-0.2, -0.15) is 18.3 Å². The number of pyridine rings is 1. The number of imidazole rings is 1. The molecule has 6 rings (SSSR count). The predicted octanol–water partition coefficient (Wildman–Crippen LogP) is 5.49. The molecule has 0 aliphatic rings. The summed E-state index contributed by atoms with van der Waals surface area (Å²) in [7, 11) is 1.56. The standard InChI is InChI=1S/C27H19F3N6O/c1-34(15-18-16-35-12-5-4-11-24(35)32-18)26(37)21-14-31-36-23(27(28,29)30)13-22(33-25(21)36)20-10-6-8-17-7-2-3-9-19(17)20/h2-14,16H,15H2,1H3. The first kappa shape index (κ1) is 22.7. The molecule has 4 aromatic heterocycles. The second kappa shape index (κ2) is 8.44. The summed E-state index contributed by atoms with van der Waals surface area (Å²) in [5.41, 5.74) is 0.799. The van der Waals surface area contributed by atoms with Crippen LogP contribution in [0.4, 0.5) is 13.2 Å². The van der Waals surface area contributed by atoms with Crippen molar-refractivity contribution in [3.05, 3.63) is 102 Å². The van der Waals surface area contributed by atoms with Crippen molar-refractivity contribution >= 4 is 28.0 Å². The summed E-state index contributed by atoms with van der Waals surface area (Å²) in [5, 5.41) is 5.52. The summed E-state index contributed by atoms with van der Waals surface area (Å²) in [6.07, 6.45) is 0.0619. The molecular weight excluding hydrogens is 481 g/mol. The summed E-state index contributed by atoms with van der Waals surface area (Å²) < 4.78 is 44.8. The van der Waals surface area contributed by atoms with Gasteiger partial charge in [0.25, 0.3) is 5.91 Å². The third kappa shape index (κ3) is 3.96. The molecule has 0 aliphatic heterocycles. The number of nitrogens with zero attached hydrogens (tertiary/aromatic N) is 6. The van der Waals surface area contributed by atoms with Crippen molar-refractivity contribution in [3.8, 4) is 11.3 Å². The zero-order valence-corrected chi connectivity index (χ0v) is 19.5. The van der Waals surface area contributed by atoms with Crippen LogP contribution in [0.3, 0.4) is 0 Å². The van der Waals surface area contributed by atoms with E-state index >= 15 is 0 Å². The van der Waals surface area contributed by atoms with Gasteiger partial charge in [-0.15, -0.1) is 0 Å². The van der Waals surface area contributed by atoms with Crippen LogP contribution in [0.1, 0.15) is 21.7 Å². The van der Waals surface area contributed by atoms with Crippen molar-refractivity contribution in [2.24, 2.45) is 0 Å². The normalized spacial score (nSPS) is 12.0. The molecular formula is C27H19F3N6O. The fourth-order valence-electron chi connectivity index (χ4n) is 4.49. The molecule has 0 aliphatic carbocycles. The maximum absolute atomic E-state index is 14.1. The van der Waals surface area contributed by atoms with Crippen molar-refractivity contribution < 1.29 is 18.0 Å². The van der Waals surface area contributed by atoms with E-state index in [-0.39, 0.29) is 23.4 Å². The van der Waals surface area contributed by atoms with Gasteiger partial charge >= 0.3 is 6.18 Å². The minimum absolute atomic E-state index is 0.0288. The molecule has 0 saturated carbocycles. The van der Waals surface area contributed by atoms with Gasteiger partial charge in [0.15, 0.2) is 11.3 Å². The van der Waals surface area contributed by atoms with E-state index in [1.54, 1.807) is 25.4 Å². The number of fused-ring (bicyclic) bond motifs is 3. The Balaban J connectivity index is 1.45. The van der Waals surface area contributed by atoms with Crippen molar-refractivity contribution in [3.63, 3.8) is 0 Å². The lowest BCUT2D eigenvalue weighted by atomic mass is 10.0. The van der Waals surface area contributed by atoms with Crippen LogP contribution in [0.25, 0.3) is 33.3 Å². The Morgan fingerprint density at radius 1 is 1.00 bits per heavy atom. The predicted molar refractivity (Wildman–Crippen MR) is 132 cm³/mol. The smallest absolute Gasteiger partial charge is 0.336 e. The van der Waals surface area contributed by atoms with E-state index in [0.717, 1.165) is 28.7 Å². The summed E-state index contributed by atoms with van der Waals surface area (Å²) in [5.74, 6) is -0.511. The molecule has 10 heteroatoms. The van der Waals surface area contributed by atoms with Gasteiger partial charge in [-0.1, -0.05) is 48.5 Å². The highest BCUT2D eigenvalue weighted by Gasteiger charge is 2.36. The molecule has 1 amide bonds. The highest BCUT2D eigenvalue weighted by atomic mass is 19.4. The Morgan fingerprint density at radius 2 is 1.78 bits per heavy atom. The van der Waals surface area contributed by atoms with E-state index in [2.05, 4.69) is 15.1 Å². The Bertz CT molecular complexity index is 1770. The van der Waals surface area contributed by atoms with Gasteiger partial charge in [-0.05, 0) is 29.0 Å². The molecule has 0 radical (unpaired) electrons. The second-order valence-corrected chi connectivity index (χ2v) is 8.70. The van der Waals surface area contributed by atoms with Crippen LogP contribution >= 0.6 is 0 Å². The van der Waals surface area contributed by atoms with Crippen LogP contribution in [0.15, 0.2) is 85.3 Å². The lowest BCUT2D eigenvalue weighted by Crippen LogP contribution is -2.26. The highest BCUT2D eigenvalue weighted by Crippen LogP contribution is 2.35. The molecule has 184 valence electrons. The zero-order chi connectivity index (χ0) is 25.7. The summed E-state index contributed by atoms with van der Waals surface area (Å²) in [6.45, 7) is 0.160. The number of amides is 1. The summed E-state index contributed by atoms with van der Waals surface area (Å²) in [4.78, 5) is 23.8.